The maximum Gasteiger partial charge on any atom is 0.0678 e. The fourth-order valence-corrected chi connectivity index (χ4v) is 1.94. The lowest BCUT2D eigenvalue weighted by Gasteiger charge is -2.13. The van der Waals surface area contributed by atoms with E-state index >= 15 is 0 Å². The molecule has 0 aliphatic carbocycles. The van der Waals surface area contributed by atoms with E-state index < -0.39 is 0 Å². The van der Waals surface area contributed by atoms with Crippen LogP contribution in [0.4, 0.5) is 5.69 Å². The van der Waals surface area contributed by atoms with Crippen LogP contribution in [0.5, 0.6) is 0 Å². The van der Waals surface area contributed by atoms with Crippen LogP contribution >= 0.6 is 24.0 Å². The van der Waals surface area contributed by atoms with Gasteiger partial charge in [0, 0.05) is 15.8 Å². The molecule has 4 heteroatoms. The SMILES string of the molecule is CC(C)(S)c1cc(N)c(C=N)s1. The van der Waals surface area contributed by atoms with E-state index in [1.807, 2.05) is 19.9 Å². The Morgan fingerprint density at radius 3 is 2.50 bits per heavy atom. The highest BCUT2D eigenvalue weighted by Gasteiger charge is 2.18. The first kappa shape index (κ1) is 9.61. The van der Waals surface area contributed by atoms with Crippen LogP contribution in [0.15, 0.2) is 6.07 Å². The number of nitrogen functional groups attached to an aromatic ring is 1. The normalized spacial score (nSPS) is 11.6. The number of hydrogen-bond donors (Lipinski definition) is 3. The minimum atomic E-state index is -0.167. The summed E-state index contributed by atoms with van der Waals surface area (Å²) >= 11 is 5.95. The van der Waals surface area contributed by atoms with Gasteiger partial charge in [-0.1, -0.05) is 0 Å². The second-order valence-electron chi connectivity index (χ2n) is 3.13. The molecule has 1 aromatic rings. The smallest absolute Gasteiger partial charge is 0.0678 e. The molecule has 0 radical (unpaired) electrons. The molecule has 1 heterocycles. The van der Waals surface area contributed by atoms with Gasteiger partial charge in [0.15, 0.2) is 0 Å². The fraction of sp³-hybridized carbons (Fsp3) is 0.375. The summed E-state index contributed by atoms with van der Waals surface area (Å²) in [5.74, 6) is 0. The minimum absolute atomic E-state index is 0.167. The molecule has 0 saturated carbocycles. The van der Waals surface area contributed by atoms with E-state index in [1.54, 1.807) is 0 Å². The van der Waals surface area contributed by atoms with Crippen molar-refractivity contribution in [3.05, 3.63) is 15.8 Å². The Morgan fingerprint density at radius 2 is 2.25 bits per heavy atom. The van der Waals surface area contributed by atoms with Gasteiger partial charge in [-0.25, -0.2) is 0 Å². The molecule has 0 atom stereocenters. The molecule has 2 nitrogen and oxygen atoms in total. The van der Waals surface area contributed by atoms with Crippen LogP contribution in [0.3, 0.4) is 0 Å². The minimum Gasteiger partial charge on any atom is -0.398 e. The molecule has 0 fully saturated rings. The Labute approximate surface area is 81.7 Å². The van der Waals surface area contributed by atoms with Crippen molar-refractivity contribution >= 4 is 35.9 Å². The third-order valence-electron chi connectivity index (χ3n) is 1.53. The van der Waals surface area contributed by atoms with Crippen molar-refractivity contribution in [3.63, 3.8) is 0 Å². The second-order valence-corrected chi connectivity index (χ2v) is 5.34. The Hall–Kier alpha value is -0.480. The van der Waals surface area contributed by atoms with E-state index in [1.165, 1.54) is 17.6 Å². The lowest BCUT2D eigenvalue weighted by atomic mass is 10.1. The molecule has 0 aromatic carbocycles. The van der Waals surface area contributed by atoms with E-state index in [0.717, 1.165) is 9.75 Å². The maximum atomic E-state index is 7.08. The predicted molar refractivity (Wildman–Crippen MR) is 58.6 cm³/mol. The van der Waals surface area contributed by atoms with Gasteiger partial charge in [-0.2, -0.15) is 12.6 Å². The van der Waals surface area contributed by atoms with Gasteiger partial charge in [0.2, 0.25) is 0 Å². The van der Waals surface area contributed by atoms with Crippen molar-refractivity contribution in [2.45, 2.75) is 18.6 Å². The standard InChI is InChI=1S/C8H12N2S2/c1-8(2,11)7-3-5(10)6(4-9)12-7/h3-4,9,11H,10H2,1-2H3. The molecule has 0 amide bonds. The molecule has 0 saturated heterocycles. The van der Waals surface area contributed by atoms with Crippen molar-refractivity contribution in [1.29, 1.82) is 5.41 Å². The Bertz CT molecular complexity index is 296. The molecular weight excluding hydrogens is 188 g/mol. The highest BCUT2D eigenvalue weighted by atomic mass is 32.1. The van der Waals surface area contributed by atoms with E-state index in [-0.39, 0.29) is 4.75 Å². The summed E-state index contributed by atoms with van der Waals surface area (Å²) in [5, 5.41) is 7.08. The summed E-state index contributed by atoms with van der Waals surface area (Å²) in [4.78, 5) is 1.91. The zero-order chi connectivity index (χ0) is 9.35. The van der Waals surface area contributed by atoms with Crippen molar-refractivity contribution in [3.8, 4) is 0 Å². The second kappa shape index (κ2) is 3.11. The van der Waals surface area contributed by atoms with Crippen LogP contribution in [0.2, 0.25) is 0 Å². The highest BCUT2D eigenvalue weighted by Crippen LogP contribution is 2.35. The number of nitrogens with one attached hydrogen (secondary N) is 1. The van der Waals surface area contributed by atoms with E-state index in [4.69, 9.17) is 11.1 Å². The predicted octanol–water partition coefficient (Wildman–Crippen LogP) is 2.49. The molecule has 12 heavy (non-hydrogen) atoms. The Morgan fingerprint density at radius 1 is 1.67 bits per heavy atom. The first-order valence-electron chi connectivity index (χ1n) is 3.58. The van der Waals surface area contributed by atoms with Gasteiger partial charge >= 0.3 is 0 Å². The van der Waals surface area contributed by atoms with Gasteiger partial charge in [0.05, 0.1) is 10.6 Å². The average molecular weight is 200 g/mol. The molecule has 66 valence electrons. The first-order valence-corrected chi connectivity index (χ1v) is 4.84. The molecule has 0 bridgehead atoms. The van der Waals surface area contributed by atoms with Crippen LogP contribution in [0, 0.1) is 5.41 Å². The monoisotopic (exact) mass is 200 g/mol. The lowest BCUT2D eigenvalue weighted by molar-refractivity contribution is 0.812. The summed E-state index contributed by atoms with van der Waals surface area (Å²) < 4.78 is -0.167. The maximum absolute atomic E-state index is 7.08. The number of hydrogen-bond acceptors (Lipinski definition) is 4. The largest absolute Gasteiger partial charge is 0.398 e. The molecular formula is C8H12N2S2. The first-order chi connectivity index (χ1) is 5.45. The molecule has 0 spiro atoms. The van der Waals surface area contributed by atoms with Gasteiger partial charge in [-0.15, -0.1) is 11.3 Å². The fourth-order valence-electron chi connectivity index (χ4n) is 0.834. The number of anilines is 1. The van der Waals surface area contributed by atoms with Crippen LogP contribution in [0.1, 0.15) is 23.6 Å². The number of thiol groups is 1. The molecule has 1 rings (SSSR count). The zero-order valence-corrected chi connectivity index (χ0v) is 8.80. The summed E-state index contributed by atoms with van der Waals surface area (Å²) in [6.45, 7) is 4.02. The molecule has 0 aliphatic heterocycles. The molecule has 0 unspecified atom stereocenters. The third kappa shape index (κ3) is 1.81. The van der Waals surface area contributed by atoms with Crippen molar-refractivity contribution < 1.29 is 0 Å². The quantitative estimate of drug-likeness (QED) is 0.498. The van der Waals surface area contributed by atoms with Gasteiger partial charge in [-0.05, 0) is 19.9 Å². The number of nitrogens with two attached hydrogens (primary N) is 1. The summed E-state index contributed by atoms with van der Waals surface area (Å²) in [7, 11) is 0. The van der Waals surface area contributed by atoms with Gasteiger partial charge in [0.25, 0.3) is 0 Å². The summed E-state index contributed by atoms with van der Waals surface area (Å²) in [5.41, 5.74) is 6.35. The zero-order valence-electron chi connectivity index (χ0n) is 7.09. The van der Waals surface area contributed by atoms with Crippen LogP contribution in [-0.2, 0) is 4.75 Å². The van der Waals surface area contributed by atoms with E-state index in [2.05, 4.69) is 12.6 Å². The molecule has 1 aromatic heterocycles. The van der Waals surface area contributed by atoms with Crippen LogP contribution in [0.25, 0.3) is 0 Å². The number of thiophene rings is 1. The van der Waals surface area contributed by atoms with Gasteiger partial charge in [0.1, 0.15) is 0 Å². The Kier molecular flexibility index (Phi) is 2.49. The van der Waals surface area contributed by atoms with Crippen LogP contribution in [-0.4, -0.2) is 6.21 Å². The highest BCUT2D eigenvalue weighted by molar-refractivity contribution is 7.81. The summed E-state index contributed by atoms with van der Waals surface area (Å²) in [6, 6.07) is 1.89. The topological polar surface area (TPSA) is 49.9 Å². The summed E-state index contributed by atoms with van der Waals surface area (Å²) in [6.07, 6.45) is 1.28. The van der Waals surface area contributed by atoms with E-state index in [0.29, 0.717) is 5.69 Å². The molecule has 3 N–H and O–H groups in total. The molecule has 0 aliphatic rings. The van der Waals surface area contributed by atoms with Crippen molar-refractivity contribution in [2.75, 3.05) is 5.73 Å². The number of rotatable bonds is 2. The average Bonchev–Trinajstić information content (AvgIpc) is 2.29. The van der Waals surface area contributed by atoms with Gasteiger partial charge < -0.3 is 11.1 Å². The van der Waals surface area contributed by atoms with Crippen molar-refractivity contribution in [1.82, 2.24) is 0 Å². The van der Waals surface area contributed by atoms with Crippen molar-refractivity contribution in [2.24, 2.45) is 0 Å². The lowest BCUT2D eigenvalue weighted by Crippen LogP contribution is -2.04. The third-order valence-corrected chi connectivity index (χ3v) is 3.34. The Balaban J connectivity index is 3.13. The van der Waals surface area contributed by atoms with E-state index in [9.17, 15) is 0 Å². The van der Waals surface area contributed by atoms with Crippen LogP contribution < -0.4 is 5.73 Å². The van der Waals surface area contributed by atoms with Gasteiger partial charge in [-0.3, -0.25) is 0 Å².